The highest BCUT2D eigenvalue weighted by Gasteiger charge is 2.33. The van der Waals surface area contributed by atoms with Crippen molar-refractivity contribution in [3.8, 4) is 0 Å². The van der Waals surface area contributed by atoms with Crippen LogP contribution in [-0.4, -0.2) is 64.3 Å². The first kappa shape index (κ1) is 25.3. The van der Waals surface area contributed by atoms with Crippen molar-refractivity contribution in [1.82, 2.24) is 5.32 Å². The summed E-state index contributed by atoms with van der Waals surface area (Å²) in [5, 5.41) is 3.08. The minimum absolute atomic E-state index is 0.0679. The Morgan fingerprint density at radius 1 is 0.885 bits per heavy atom. The van der Waals surface area contributed by atoms with Crippen molar-refractivity contribution in [2.24, 2.45) is 11.8 Å². The van der Waals surface area contributed by atoms with Gasteiger partial charge in [0.2, 0.25) is 5.91 Å². The summed E-state index contributed by atoms with van der Waals surface area (Å²) in [6, 6.07) is 0. The molecule has 0 radical (unpaired) electrons. The van der Waals surface area contributed by atoms with Gasteiger partial charge < -0.3 is 24.3 Å². The van der Waals surface area contributed by atoms with Crippen molar-refractivity contribution < 1.29 is 23.7 Å². The van der Waals surface area contributed by atoms with E-state index in [4.69, 9.17) is 18.9 Å². The Balaban J connectivity index is 4.67. The predicted molar refractivity (Wildman–Crippen MR) is 104 cm³/mol. The topological polar surface area (TPSA) is 66.0 Å². The second-order valence-corrected chi connectivity index (χ2v) is 7.35. The van der Waals surface area contributed by atoms with E-state index in [0.717, 1.165) is 6.42 Å². The zero-order valence-corrected chi connectivity index (χ0v) is 17.8. The van der Waals surface area contributed by atoms with Gasteiger partial charge in [0.15, 0.2) is 0 Å². The Labute approximate surface area is 160 Å². The molecule has 0 aliphatic heterocycles. The molecule has 1 atom stereocenters. The molecule has 1 N–H and O–H groups in total. The van der Waals surface area contributed by atoms with Gasteiger partial charge in [-0.15, -0.1) is 0 Å². The first-order valence-electron chi connectivity index (χ1n) is 10.0. The van der Waals surface area contributed by atoms with Crippen LogP contribution in [0.3, 0.4) is 0 Å². The second kappa shape index (κ2) is 15.4. The molecular formula is C20H41NO5. The summed E-state index contributed by atoms with van der Waals surface area (Å²) in [6.45, 7) is 16.3. The summed E-state index contributed by atoms with van der Waals surface area (Å²) < 4.78 is 22.7. The molecule has 0 aromatic heterocycles. The lowest BCUT2D eigenvalue weighted by molar-refractivity contribution is -0.128. The van der Waals surface area contributed by atoms with Crippen LogP contribution in [0, 0.1) is 11.8 Å². The van der Waals surface area contributed by atoms with E-state index in [9.17, 15) is 4.79 Å². The maximum Gasteiger partial charge on any atom is 0.222 e. The number of carbonyl (C=O) groups excluding carboxylic acids is 1. The molecule has 6 heteroatoms. The molecule has 0 aliphatic carbocycles. The lowest BCUT2D eigenvalue weighted by Gasteiger charge is -2.34. The van der Waals surface area contributed by atoms with Crippen molar-refractivity contribution in [3.63, 3.8) is 0 Å². The molecule has 6 nitrogen and oxygen atoms in total. The van der Waals surface area contributed by atoms with Gasteiger partial charge in [-0.05, 0) is 25.7 Å². The standard InChI is InChI=1S/C20H41NO5/c1-7-18(6)13-25-11-10-19(22)21-20(14-23-8-2,15-24-9-3)16-26-12-17(4)5/h17-18H,7-16H2,1-6H3,(H,21,22). The maximum atomic E-state index is 12.4. The van der Waals surface area contributed by atoms with E-state index in [1.54, 1.807) is 0 Å². The summed E-state index contributed by atoms with van der Waals surface area (Å²) in [4.78, 5) is 12.4. The van der Waals surface area contributed by atoms with Gasteiger partial charge in [0.25, 0.3) is 0 Å². The smallest absolute Gasteiger partial charge is 0.222 e. The fourth-order valence-corrected chi connectivity index (χ4v) is 2.24. The number of hydrogen-bond acceptors (Lipinski definition) is 5. The Morgan fingerprint density at radius 3 is 1.96 bits per heavy atom. The van der Waals surface area contributed by atoms with Crippen LogP contribution in [0.5, 0.6) is 0 Å². The van der Waals surface area contributed by atoms with Crippen molar-refractivity contribution in [2.75, 3.05) is 52.9 Å². The molecule has 0 spiro atoms. The van der Waals surface area contributed by atoms with Crippen LogP contribution < -0.4 is 5.32 Å². The molecule has 156 valence electrons. The third kappa shape index (κ3) is 12.6. The maximum absolute atomic E-state index is 12.4. The van der Waals surface area contributed by atoms with Gasteiger partial charge in [-0.2, -0.15) is 0 Å². The van der Waals surface area contributed by atoms with Crippen molar-refractivity contribution in [1.29, 1.82) is 0 Å². The normalized spacial score (nSPS) is 13.2. The first-order valence-corrected chi connectivity index (χ1v) is 10.0. The Bertz CT molecular complexity index is 341. The zero-order chi connectivity index (χ0) is 19.8. The molecule has 1 unspecified atom stereocenters. The third-order valence-corrected chi connectivity index (χ3v) is 3.97. The lowest BCUT2D eigenvalue weighted by atomic mass is 10.0. The van der Waals surface area contributed by atoms with Crippen LogP contribution in [0.2, 0.25) is 0 Å². The Hall–Kier alpha value is -0.690. The highest BCUT2D eigenvalue weighted by Crippen LogP contribution is 2.11. The molecule has 0 aliphatic rings. The van der Waals surface area contributed by atoms with E-state index in [0.29, 0.717) is 71.1 Å². The fraction of sp³-hybridized carbons (Fsp3) is 0.950. The number of amides is 1. The summed E-state index contributed by atoms with van der Waals surface area (Å²) >= 11 is 0. The van der Waals surface area contributed by atoms with Gasteiger partial charge in [-0.3, -0.25) is 4.79 Å². The average molecular weight is 376 g/mol. The molecule has 0 bridgehead atoms. The molecule has 0 aromatic carbocycles. The van der Waals surface area contributed by atoms with E-state index in [1.165, 1.54) is 0 Å². The van der Waals surface area contributed by atoms with Gasteiger partial charge in [0.05, 0.1) is 26.4 Å². The molecule has 0 heterocycles. The summed E-state index contributed by atoms with van der Waals surface area (Å²) in [5.74, 6) is 0.871. The molecule has 0 fully saturated rings. The van der Waals surface area contributed by atoms with Crippen LogP contribution in [0.15, 0.2) is 0 Å². The Kier molecular flexibility index (Phi) is 15.0. The predicted octanol–water partition coefficient (Wildman–Crippen LogP) is 3.04. The number of hydrogen-bond donors (Lipinski definition) is 1. The van der Waals surface area contributed by atoms with Gasteiger partial charge in [-0.1, -0.05) is 34.1 Å². The van der Waals surface area contributed by atoms with Crippen LogP contribution in [0.25, 0.3) is 0 Å². The number of carbonyl (C=O) groups is 1. The highest BCUT2D eigenvalue weighted by atomic mass is 16.5. The van der Waals surface area contributed by atoms with Crippen LogP contribution in [-0.2, 0) is 23.7 Å². The average Bonchev–Trinajstić information content (AvgIpc) is 2.61. The Morgan fingerprint density at radius 2 is 1.46 bits per heavy atom. The minimum atomic E-state index is -0.672. The summed E-state index contributed by atoms with van der Waals surface area (Å²) in [6.07, 6.45) is 1.39. The van der Waals surface area contributed by atoms with E-state index in [2.05, 4.69) is 33.0 Å². The zero-order valence-electron chi connectivity index (χ0n) is 17.8. The van der Waals surface area contributed by atoms with Crippen LogP contribution >= 0.6 is 0 Å². The van der Waals surface area contributed by atoms with Gasteiger partial charge in [0, 0.05) is 32.8 Å². The number of rotatable bonds is 17. The SMILES string of the molecule is CCOCC(COCC)(COCC(C)C)NC(=O)CCOCC(C)CC. The summed E-state index contributed by atoms with van der Waals surface area (Å²) in [7, 11) is 0. The number of ether oxygens (including phenoxy) is 4. The third-order valence-electron chi connectivity index (χ3n) is 3.97. The lowest BCUT2D eigenvalue weighted by Crippen LogP contribution is -2.58. The monoisotopic (exact) mass is 375 g/mol. The molecule has 26 heavy (non-hydrogen) atoms. The van der Waals surface area contributed by atoms with Crippen molar-refractivity contribution in [2.45, 2.75) is 59.9 Å². The molecular weight excluding hydrogens is 334 g/mol. The number of nitrogens with one attached hydrogen (secondary N) is 1. The molecule has 0 saturated heterocycles. The molecule has 0 aromatic rings. The van der Waals surface area contributed by atoms with E-state index in [1.807, 2.05) is 13.8 Å². The fourth-order valence-electron chi connectivity index (χ4n) is 2.24. The summed E-state index contributed by atoms with van der Waals surface area (Å²) in [5.41, 5.74) is -0.672. The van der Waals surface area contributed by atoms with Crippen molar-refractivity contribution in [3.05, 3.63) is 0 Å². The minimum Gasteiger partial charge on any atom is -0.381 e. The van der Waals surface area contributed by atoms with Gasteiger partial charge >= 0.3 is 0 Å². The van der Waals surface area contributed by atoms with E-state index in [-0.39, 0.29) is 5.91 Å². The van der Waals surface area contributed by atoms with Crippen molar-refractivity contribution >= 4 is 5.91 Å². The largest absolute Gasteiger partial charge is 0.381 e. The van der Waals surface area contributed by atoms with Crippen LogP contribution in [0.1, 0.15) is 54.4 Å². The van der Waals surface area contributed by atoms with E-state index < -0.39 is 5.54 Å². The quantitative estimate of drug-likeness (QED) is 0.396. The van der Waals surface area contributed by atoms with Gasteiger partial charge in [0.1, 0.15) is 5.54 Å². The van der Waals surface area contributed by atoms with Crippen LogP contribution in [0.4, 0.5) is 0 Å². The molecule has 0 saturated carbocycles. The second-order valence-electron chi connectivity index (χ2n) is 7.35. The highest BCUT2D eigenvalue weighted by molar-refractivity contribution is 5.77. The van der Waals surface area contributed by atoms with E-state index >= 15 is 0 Å². The molecule has 0 rings (SSSR count). The molecule has 1 amide bonds. The first-order chi connectivity index (χ1) is 12.4. The van der Waals surface area contributed by atoms with Gasteiger partial charge in [-0.25, -0.2) is 0 Å².